The molecule has 5 heteroatoms. The molecule has 1 aliphatic heterocycles. The maximum atomic E-state index is 13.7. The van der Waals surface area contributed by atoms with Crippen LogP contribution in [0.1, 0.15) is 72.8 Å². The molecule has 0 saturated carbocycles. The monoisotopic (exact) mass is 459 g/mol. The number of Topliss-reactive ketones (excluding diaryl/α,β-unsaturated/α-hetero) is 2. The van der Waals surface area contributed by atoms with Crippen molar-refractivity contribution in [2.75, 3.05) is 6.61 Å². The molecule has 0 amide bonds. The lowest BCUT2D eigenvalue weighted by molar-refractivity contribution is -0.128. The fourth-order valence-electron chi connectivity index (χ4n) is 4.54. The highest BCUT2D eigenvalue weighted by atomic mass is 28.4. The van der Waals surface area contributed by atoms with E-state index in [1.807, 2.05) is 18.2 Å². The van der Waals surface area contributed by atoms with Crippen LogP contribution in [-0.4, -0.2) is 43.5 Å². The predicted octanol–water partition coefficient (Wildman–Crippen LogP) is 6.25. The van der Waals surface area contributed by atoms with E-state index in [4.69, 9.17) is 4.43 Å². The SMILES string of the molecule is CCC(CC)CC(=O)C1C(CO[Si](C)(C)C(C)(C)C)CC(C(C)=O)N1Cc1ccccc1. The summed E-state index contributed by atoms with van der Waals surface area (Å²) in [6.45, 7) is 18.4. The van der Waals surface area contributed by atoms with Crippen molar-refractivity contribution in [1.82, 2.24) is 4.90 Å². The van der Waals surface area contributed by atoms with Crippen LogP contribution in [0, 0.1) is 11.8 Å². The van der Waals surface area contributed by atoms with Gasteiger partial charge >= 0.3 is 0 Å². The Labute approximate surface area is 197 Å². The van der Waals surface area contributed by atoms with E-state index in [0.717, 1.165) is 18.4 Å². The molecule has 2 rings (SSSR count). The minimum atomic E-state index is -1.94. The van der Waals surface area contributed by atoms with Gasteiger partial charge in [0, 0.05) is 25.5 Å². The third-order valence-corrected chi connectivity index (χ3v) is 12.3. The molecule has 32 heavy (non-hydrogen) atoms. The average molecular weight is 460 g/mol. The summed E-state index contributed by atoms with van der Waals surface area (Å²) in [7, 11) is -1.94. The summed E-state index contributed by atoms with van der Waals surface area (Å²) in [5.74, 6) is 0.890. The molecular weight excluding hydrogens is 414 g/mol. The summed E-state index contributed by atoms with van der Waals surface area (Å²) in [6, 6.07) is 9.73. The number of hydrogen-bond acceptors (Lipinski definition) is 4. The molecule has 1 aromatic rings. The topological polar surface area (TPSA) is 46.6 Å². The smallest absolute Gasteiger partial charge is 0.191 e. The molecule has 1 fully saturated rings. The largest absolute Gasteiger partial charge is 0.416 e. The quantitative estimate of drug-likeness (QED) is 0.367. The highest BCUT2D eigenvalue weighted by molar-refractivity contribution is 6.74. The van der Waals surface area contributed by atoms with Crippen molar-refractivity contribution in [3.8, 4) is 0 Å². The molecule has 180 valence electrons. The first kappa shape index (κ1) is 26.9. The lowest BCUT2D eigenvalue weighted by atomic mass is 9.89. The maximum Gasteiger partial charge on any atom is 0.191 e. The Kier molecular flexibility index (Phi) is 9.44. The van der Waals surface area contributed by atoms with E-state index in [-0.39, 0.29) is 34.6 Å². The van der Waals surface area contributed by atoms with Crippen molar-refractivity contribution in [2.45, 2.75) is 104 Å². The minimum absolute atomic E-state index is 0.0589. The molecule has 0 spiro atoms. The molecule has 0 aliphatic carbocycles. The van der Waals surface area contributed by atoms with Crippen LogP contribution >= 0.6 is 0 Å². The zero-order chi connectivity index (χ0) is 24.1. The van der Waals surface area contributed by atoms with E-state index in [1.54, 1.807) is 6.92 Å². The van der Waals surface area contributed by atoms with E-state index >= 15 is 0 Å². The van der Waals surface area contributed by atoms with E-state index in [1.165, 1.54) is 0 Å². The Morgan fingerprint density at radius 3 is 2.22 bits per heavy atom. The van der Waals surface area contributed by atoms with Crippen LogP contribution in [-0.2, 0) is 20.6 Å². The second-order valence-corrected chi connectivity index (χ2v) is 16.0. The Bertz CT molecular complexity index is 752. The first-order valence-electron chi connectivity index (χ1n) is 12.4. The number of carbonyl (C=O) groups excluding carboxylic acids is 2. The molecule has 3 atom stereocenters. The van der Waals surface area contributed by atoms with Crippen LogP contribution in [0.2, 0.25) is 18.1 Å². The highest BCUT2D eigenvalue weighted by Crippen LogP contribution is 2.39. The van der Waals surface area contributed by atoms with Crippen LogP contribution in [0.5, 0.6) is 0 Å². The normalized spacial score (nSPS) is 22.5. The van der Waals surface area contributed by atoms with Gasteiger partial charge in [0.05, 0.1) is 12.1 Å². The maximum absolute atomic E-state index is 13.7. The third kappa shape index (κ3) is 6.61. The van der Waals surface area contributed by atoms with Gasteiger partial charge in [-0.15, -0.1) is 0 Å². The third-order valence-electron chi connectivity index (χ3n) is 7.85. The Balaban J connectivity index is 2.34. The van der Waals surface area contributed by atoms with Crippen molar-refractivity contribution in [1.29, 1.82) is 0 Å². The van der Waals surface area contributed by atoms with Crippen LogP contribution in [0.15, 0.2) is 30.3 Å². The van der Waals surface area contributed by atoms with Gasteiger partial charge in [0.25, 0.3) is 0 Å². The summed E-state index contributed by atoms with van der Waals surface area (Å²) >= 11 is 0. The molecule has 0 aromatic heterocycles. The summed E-state index contributed by atoms with van der Waals surface area (Å²) in [5, 5.41) is 0.115. The molecule has 0 radical (unpaired) electrons. The first-order chi connectivity index (χ1) is 14.9. The Hall–Kier alpha value is -1.30. The van der Waals surface area contributed by atoms with Gasteiger partial charge in [-0.25, -0.2) is 0 Å². The summed E-state index contributed by atoms with van der Waals surface area (Å²) < 4.78 is 6.59. The molecule has 0 N–H and O–H groups in total. The second kappa shape index (κ2) is 11.2. The Morgan fingerprint density at radius 2 is 1.72 bits per heavy atom. The molecule has 0 bridgehead atoms. The minimum Gasteiger partial charge on any atom is -0.416 e. The number of nitrogens with zero attached hydrogens (tertiary/aromatic N) is 1. The summed E-state index contributed by atoms with van der Waals surface area (Å²) in [5.41, 5.74) is 1.14. The zero-order valence-corrected chi connectivity index (χ0v) is 22.6. The van der Waals surface area contributed by atoms with E-state index in [0.29, 0.717) is 31.9 Å². The van der Waals surface area contributed by atoms with Gasteiger partial charge in [-0.2, -0.15) is 0 Å². The molecular formula is C27H45NO3Si. The van der Waals surface area contributed by atoms with Gasteiger partial charge < -0.3 is 4.43 Å². The highest BCUT2D eigenvalue weighted by Gasteiger charge is 2.48. The first-order valence-corrected chi connectivity index (χ1v) is 15.3. The lowest BCUT2D eigenvalue weighted by Gasteiger charge is -2.38. The number of hydrogen-bond donors (Lipinski definition) is 0. The van der Waals surface area contributed by atoms with Gasteiger partial charge in [-0.3, -0.25) is 14.5 Å². The standard InChI is InChI=1S/C27H45NO3Si/c1-9-21(10-2)16-25(30)26-23(19-31-32(7,8)27(4,5)6)17-24(20(3)29)28(26)18-22-14-12-11-13-15-22/h11-15,21,23-24,26H,9-10,16-19H2,1-8H3. The van der Waals surface area contributed by atoms with Crippen molar-refractivity contribution in [2.24, 2.45) is 11.8 Å². The van der Waals surface area contributed by atoms with Gasteiger partial charge in [-0.05, 0) is 43.0 Å². The number of carbonyl (C=O) groups is 2. The molecule has 3 unspecified atom stereocenters. The van der Waals surface area contributed by atoms with Crippen LogP contribution < -0.4 is 0 Å². The second-order valence-electron chi connectivity index (χ2n) is 11.1. The van der Waals surface area contributed by atoms with Crippen molar-refractivity contribution >= 4 is 19.9 Å². The summed E-state index contributed by atoms with van der Waals surface area (Å²) in [6.07, 6.45) is 3.31. The van der Waals surface area contributed by atoms with E-state index < -0.39 is 8.32 Å². The van der Waals surface area contributed by atoms with E-state index in [9.17, 15) is 9.59 Å². The van der Waals surface area contributed by atoms with Crippen molar-refractivity contribution in [3.05, 3.63) is 35.9 Å². The van der Waals surface area contributed by atoms with Crippen LogP contribution in [0.25, 0.3) is 0 Å². The van der Waals surface area contributed by atoms with E-state index in [2.05, 4.69) is 64.7 Å². The number of benzene rings is 1. The fraction of sp³-hybridized carbons (Fsp3) is 0.704. The fourth-order valence-corrected chi connectivity index (χ4v) is 5.60. The van der Waals surface area contributed by atoms with Gasteiger partial charge in [0.1, 0.15) is 5.78 Å². The molecule has 1 aromatic carbocycles. The zero-order valence-electron chi connectivity index (χ0n) is 21.6. The van der Waals surface area contributed by atoms with Crippen molar-refractivity contribution in [3.63, 3.8) is 0 Å². The van der Waals surface area contributed by atoms with Gasteiger partial charge in [-0.1, -0.05) is 77.8 Å². The van der Waals surface area contributed by atoms with Crippen LogP contribution in [0.3, 0.4) is 0 Å². The van der Waals surface area contributed by atoms with Gasteiger partial charge in [0.2, 0.25) is 0 Å². The lowest BCUT2D eigenvalue weighted by Crippen LogP contribution is -2.47. The average Bonchev–Trinajstić information content (AvgIpc) is 3.09. The predicted molar refractivity (Wildman–Crippen MR) is 135 cm³/mol. The Morgan fingerprint density at radius 1 is 1.12 bits per heavy atom. The summed E-state index contributed by atoms with van der Waals surface area (Å²) in [4.78, 5) is 28.5. The molecule has 1 saturated heterocycles. The molecule has 4 nitrogen and oxygen atoms in total. The number of rotatable bonds is 11. The van der Waals surface area contributed by atoms with Crippen molar-refractivity contribution < 1.29 is 14.0 Å². The number of likely N-dealkylation sites (tertiary alicyclic amines) is 1. The van der Waals surface area contributed by atoms with Gasteiger partial charge in [0.15, 0.2) is 14.1 Å². The number of ketones is 2. The van der Waals surface area contributed by atoms with Crippen LogP contribution in [0.4, 0.5) is 0 Å². The molecule has 1 heterocycles. The molecule has 1 aliphatic rings.